The smallest absolute Gasteiger partial charge is 0.319 e. The van der Waals surface area contributed by atoms with Gasteiger partial charge in [-0.25, -0.2) is 14.8 Å². The van der Waals surface area contributed by atoms with Crippen molar-refractivity contribution in [2.75, 3.05) is 18.5 Å². The third-order valence-corrected chi connectivity index (χ3v) is 4.97. The molecule has 0 saturated heterocycles. The molecule has 5 rings (SSSR count). The highest BCUT2D eigenvalue weighted by Crippen LogP contribution is 2.34. The molecule has 3 N–H and O–H groups in total. The van der Waals surface area contributed by atoms with Gasteiger partial charge in [0.15, 0.2) is 0 Å². The number of aliphatic hydroxyl groups is 1. The number of urea groups is 1. The van der Waals surface area contributed by atoms with Crippen LogP contribution in [0.1, 0.15) is 0 Å². The van der Waals surface area contributed by atoms with Crippen LogP contribution >= 0.6 is 0 Å². The molecule has 1 heterocycles. The van der Waals surface area contributed by atoms with Crippen LogP contribution in [0.4, 0.5) is 10.5 Å². The number of hydrogen-bond acceptors (Lipinski definition) is 4. The molecule has 0 aliphatic rings. The first-order chi connectivity index (χ1) is 14.2. The Balaban J connectivity index is 1.73. The van der Waals surface area contributed by atoms with E-state index in [0.717, 1.165) is 38.1 Å². The molecule has 0 aliphatic heterocycles. The van der Waals surface area contributed by atoms with Crippen LogP contribution in [0.25, 0.3) is 43.6 Å². The molecule has 0 bridgehead atoms. The Kier molecular flexibility index (Phi) is 4.18. The lowest BCUT2D eigenvalue weighted by molar-refractivity contribution is 0.245. The predicted octanol–water partition coefficient (Wildman–Crippen LogP) is 4.20. The van der Waals surface area contributed by atoms with E-state index in [2.05, 4.69) is 34.9 Å². The van der Waals surface area contributed by atoms with Crippen LogP contribution in [0.3, 0.4) is 0 Å². The highest BCUT2D eigenvalue weighted by molar-refractivity contribution is 6.23. The van der Waals surface area contributed by atoms with Gasteiger partial charge < -0.3 is 15.7 Å². The maximum Gasteiger partial charge on any atom is 0.319 e. The SMILES string of the molecule is O=C(NCCO)Nc1ccc2nc3c4ccccc4c4ccccc4c3nc2c1. The van der Waals surface area contributed by atoms with Crippen molar-refractivity contribution in [3.8, 4) is 0 Å². The Morgan fingerprint density at radius 1 is 0.793 bits per heavy atom. The third kappa shape index (κ3) is 2.99. The molecule has 0 atom stereocenters. The van der Waals surface area contributed by atoms with Crippen molar-refractivity contribution in [2.45, 2.75) is 0 Å². The molecule has 4 aromatic carbocycles. The van der Waals surface area contributed by atoms with Crippen LogP contribution in [0.2, 0.25) is 0 Å². The lowest BCUT2D eigenvalue weighted by Gasteiger charge is -2.11. The molecule has 6 nitrogen and oxygen atoms in total. The van der Waals surface area contributed by atoms with Crippen molar-refractivity contribution in [1.82, 2.24) is 15.3 Å². The Labute approximate surface area is 166 Å². The monoisotopic (exact) mass is 382 g/mol. The van der Waals surface area contributed by atoms with E-state index in [9.17, 15) is 4.79 Å². The second kappa shape index (κ2) is 7.00. The van der Waals surface area contributed by atoms with Gasteiger partial charge in [-0.3, -0.25) is 0 Å². The van der Waals surface area contributed by atoms with Gasteiger partial charge in [0.1, 0.15) is 0 Å². The molecular formula is C23H18N4O2. The number of carbonyl (C=O) groups excluding carboxylic acids is 1. The summed E-state index contributed by atoms with van der Waals surface area (Å²) in [7, 11) is 0. The minimum Gasteiger partial charge on any atom is -0.395 e. The van der Waals surface area contributed by atoms with Crippen molar-refractivity contribution >= 4 is 55.3 Å². The molecule has 1 aromatic heterocycles. The van der Waals surface area contributed by atoms with E-state index in [-0.39, 0.29) is 19.2 Å². The van der Waals surface area contributed by atoms with E-state index >= 15 is 0 Å². The first-order valence-corrected chi connectivity index (χ1v) is 9.41. The van der Waals surface area contributed by atoms with Gasteiger partial charge in [0, 0.05) is 23.0 Å². The Hall–Kier alpha value is -3.77. The second-order valence-electron chi connectivity index (χ2n) is 6.82. The van der Waals surface area contributed by atoms with Crippen LogP contribution in [-0.4, -0.2) is 34.3 Å². The standard InChI is InChI=1S/C23H18N4O2/c28-12-11-24-23(29)25-14-9-10-19-20(13-14)27-22-18-8-4-2-6-16(18)15-5-1-3-7-17(15)21(22)26-19/h1-10,13,28H,11-12H2,(H2,24,25,29). The molecule has 0 fully saturated rings. The summed E-state index contributed by atoms with van der Waals surface area (Å²) in [6.07, 6.45) is 0. The summed E-state index contributed by atoms with van der Waals surface area (Å²) < 4.78 is 0. The summed E-state index contributed by atoms with van der Waals surface area (Å²) in [6.45, 7) is 0.0898. The van der Waals surface area contributed by atoms with E-state index in [1.54, 1.807) is 6.07 Å². The van der Waals surface area contributed by atoms with Crippen molar-refractivity contribution in [1.29, 1.82) is 0 Å². The van der Waals surface area contributed by atoms with E-state index in [0.29, 0.717) is 11.2 Å². The Morgan fingerprint density at radius 2 is 1.38 bits per heavy atom. The lowest BCUT2D eigenvalue weighted by atomic mass is 9.99. The maximum atomic E-state index is 11.9. The number of amides is 2. The van der Waals surface area contributed by atoms with Crippen LogP contribution in [0, 0.1) is 0 Å². The van der Waals surface area contributed by atoms with Crippen molar-refractivity contribution in [3.05, 3.63) is 66.7 Å². The van der Waals surface area contributed by atoms with Gasteiger partial charge in [0.05, 0.1) is 28.7 Å². The summed E-state index contributed by atoms with van der Waals surface area (Å²) in [5.41, 5.74) is 3.80. The topological polar surface area (TPSA) is 87.1 Å². The summed E-state index contributed by atoms with van der Waals surface area (Å²) in [5.74, 6) is 0. The van der Waals surface area contributed by atoms with Gasteiger partial charge in [0.2, 0.25) is 0 Å². The lowest BCUT2D eigenvalue weighted by Crippen LogP contribution is -2.30. The predicted molar refractivity (Wildman–Crippen MR) is 116 cm³/mol. The van der Waals surface area contributed by atoms with Gasteiger partial charge >= 0.3 is 6.03 Å². The van der Waals surface area contributed by atoms with E-state index in [1.165, 1.54) is 0 Å². The van der Waals surface area contributed by atoms with Gasteiger partial charge in [-0.1, -0.05) is 48.5 Å². The zero-order chi connectivity index (χ0) is 19.8. The van der Waals surface area contributed by atoms with Gasteiger partial charge in [-0.15, -0.1) is 0 Å². The number of nitrogens with one attached hydrogen (secondary N) is 2. The normalized spacial score (nSPS) is 11.3. The maximum absolute atomic E-state index is 11.9. The van der Waals surface area contributed by atoms with E-state index < -0.39 is 0 Å². The number of rotatable bonds is 3. The number of benzene rings is 4. The van der Waals surface area contributed by atoms with Crippen LogP contribution in [-0.2, 0) is 0 Å². The molecule has 0 spiro atoms. The summed E-state index contributed by atoms with van der Waals surface area (Å²) in [6, 6.07) is 21.5. The highest BCUT2D eigenvalue weighted by atomic mass is 16.3. The molecule has 0 radical (unpaired) electrons. The number of nitrogens with zero attached hydrogens (tertiary/aromatic N) is 2. The molecule has 5 aromatic rings. The number of aromatic nitrogens is 2. The van der Waals surface area contributed by atoms with Crippen molar-refractivity contribution in [2.24, 2.45) is 0 Å². The minimum absolute atomic E-state index is 0.108. The second-order valence-corrected chi connectivity index (χ2v) is 6.82. The average Bonchev–Trinajstić information content (AvgIpc) is 2.77. The zero-order valence-corrected chi connectivity index (χ0v) is 15.5. The zero-order valence-electron chi connectivity index (χ0n) is 15.5. The average molecular weight is 382 g/mol. The third-order valence-electron chi connectivity index (χ3n) is 4.97. The number of anilines is 1. The number of hydrogen-bond donors (Lipinski definition) is 3. The fraction of sp³-hybridized carbons (Fsp3) is 0.0870. The summed E-state index contributed by atoms with van der Waals surface area (Å²) in [4.78, 5) is 21.7. The molecule has 2 amide bonds. The van der Waals surface area contributed by atoms with Crippen molar-refractivity contribution in [3.63, 3.8) is 0 Å². The molecule has 142 valence electrons. The summed E-state index contributed by atoms with van der Waals surface area (Å²) in [5, 5.41) is 18.6. The number of carbonyl (C=O) groups is 1. The van der Waals surface area contributed by atoms with Crippen LogP contribution < -0.4 is 10.6 Å². The van der Waals surface area contributed by atoms with Gasteiger partial charge in [-0.05, 0) is 29.0 Å². The van der Waals surface area contributed by atoms with Crippen LogP contribution in [0.5, 0.6) is 0 Å². The summed E-state index contributed by atoms with van der Waals surface area (Å²) >= 11 is 0. The minimum atomic E-state index is -0.372. The fourth-order valence-corrected chi connectivity index (χ4v) is 3.70. The Bertz CT molecular complexity index is 1400. The van der Waals surface area contributed by atoms with Crippen molar-refractivity contribution < 1.29 is 9.90 Å². The van der Waals surface area contributed by atoms with E-state index in [1.807, 2.05) is 36.4 Å². The van der Waals surface area contributed by atoms with Gasteiger partial charge in [-0.2, -0.15) is 0 Å². The molecule has 0 saturated carbocycles. The molecule has 29 heavy (non-hydrogen) atoms. The first-order valence-electron chi connectivity index (χ1n) is 9.41. The number of aliphatic hydroxyl groups excluding tert-OH is 1. The largest absolute Gasteiger partial charge is 0.395 e. The number of fused-ring (bicyclic) bond motifs is 7. The van der Waals surface area contributed by atoms with Crippen LogP contribution in [0.15, 0.2) is 66.7 Å². The molecule has 0 aliphatic carbocycles. The quantitative estimate of drug-likeness (QED) is 0.322. The van der Waals surface area contributed by atoms with E-state index in [4.69, 9.17) is 15.1 Å². The van der Waals surface area contributed by atoms with Gasteiger partial charge in [0.25, 0.3) is 0 Å². The first kappa shape index (κ1) is 17.3. The molecule has 6 heteroatoms. The molecule has 0 unspecified atom stereocenters. The highest BCUT2D eigenvalue weighted by Gasteiger charge is 2.12. The Morgan fingerprint density at radius 3 is 2.00 bits per heavy atom. The molecular weight excluding hydrogens is 364 g/mol. The fourth-order valence-electron chi connectivity index (χ4n) is 3.70.